The Labute approximate surface area is 265 Å². The van der Waals surface area contributed by atoms with Gasteiger partial charge in [0.15, 0.2) is 0 Å². The molecule has 0 saturated carbocycles. The van der Waals surface area contributed by atoms with Crippen molar-refractivity contribution in [2.75, 3.05) is 0 Å². The van der Waals surface area contributed by atoms with E-state index < -0.39 is 8.07 Å². The van der Waals surface area contributed by atoms with Gasteiger partial charge in [-0.3, -0.25) is 0 Å². The summed E-state index contributed by atoms with van der Waals surface area (Å²) in [6.07, 6.45) is 0. The predicted molar refractivity (Wildman–Crippen MR) is 161 cm³/mol. The van der Waals surface area contributed by atoms with Gasteiger partial charge < -0.3 is 24.8 Å². The molecule has 0 saturated heterocycles. The van der Waals surface area contributed by atoms with Gasteiger partial charge >= 0.3 is 26.2 Å². The van der Waals surface area contributed by atoms with Crippen LogP contribution in [-0.4, -0.2) is 8.07 Å². The minimum atomic E-state index is -2.12. The molecule has 4 rings (SSSR count). The summed E-state index contributed by atoms with van der Waals surface area (Å²) in [4.78, 5) is 0. The van der Waals surface area contributed by atoms with Gasteiger partial charge in [0.1, 0.15) is 0 Å². The van der Waals surface area contributed by atoms with E-state index in [0.717, 1.165) is 0 Å². The zero-order chi connectivity index (χ0) is 26.1. The molecule has 204 valence electrons. The van der Waals surface area contributed by atoms with E-state index in [2.05, 4.69) is 131 Å². The van der Waals surface area contributed by atoms with Crippen molar-refractivity contribution in [3.05, 3.63) is 70.8 Å². The van der Waals surface area contributed by atoms with Crippen LogP contribution in [0.1, 0.15) is 103 Å². The Bertz CT molecular complexity index is 1280. The van der Waals surface area contributed by atoms with Gasteiger partial charge in [-0.2, -0.15) is 10.4 Å². The van der Waals surface area contributed by atoms with Crippen LogP contribution in [0.3, 0.4) is 0 Å². The molecule has 0 radical (unpaired) electrons. The van der Waals surface area contributed by atoms with Crippen molar-refractivity contribution >= 4 is 40.0 Å². The molecule has 0 atom stereocenters. The van der Waals surface area contributed by atoms with E-state index >= 15 is 0 Å². The number of rotatable bonds is 4. The number of halogens is 2. The molecule has 0 aromatic heterocycles. The Balaban J connectivity index is 0.00000241. The van der Waals surface area contributed by atoms with Crippen molar-refractivity contribution in [2.45, 2.75) is 105 Å². The minimum Gasteiger partial charge on any atom is -1.00 e. The Hall–Kier alpha value is -0.660. The fraction of sp³-hybridized carbons (Fsp3) is 0.471. The fourth-order valence-electron chi connectivity index (χ4n) is 6.34. The van der Waals surface area contributed by atoms with Crippen LogP contribution in [0.15, 0.2) is 48.5 Å². The van der Waals surface area contributed by atoms with Crippen LogP contribution in [0.2, 0.25) is 13.1 Å². The molecule has 0 aliphatic carbocycles. The van der Waals surface area contributed by atoms with Crippen LogP contribution < -0.4 is 35.2 Å². The molecule has 0 N–H and O–H groups in total. The maximum Gasteiger partial charge on any atom is 4.00 e. The fourth-order valence-corrected chi connectivity index (χ4v) is 10.6. The standard InChI is InChI=1S/C34H46Si.2ClH.Zr/c1-21(2)25-19-23-15-13-17-27(33(5,6)7)29(23)31(25)35(11,12)32-26(22(3)4)20-24-16-14-18-28(30(24)32)34(8,9)10;;;/h13-22H,1-12H3;2*1H;/q-2;;;+4/p-2. The SMILES string of the molecule is CC(C)c1[cH-]c2cccc(C(C)(C)C)c2c1[Si](C)(C)c1c(C(C)C)[cH-]c2cccc(C(C)(C)C)c12.[Cl-].[Cl-].[Zr+4]. The van der Waals surface area contributed by atoms with Crippen molar-refractivity contribution in [1.82, 2.24) is 0 Å². The van der Waals surface area contributed by atoms with E-state index in [4.69, 9.17) is 0 Å². The molecule has 0 heterocycles. The van der Waals surface area contributed by atoms with Crippen LogP contribution in [0.4, 0.5) is 0 Å². The molecular weight excluding hydrogens is 599 g/mol. The van der Waals surface area contributed by atoms with E-state index in [1.54, 1.807) is 21.5 Å². The molecule has 0 bridgehead atoms. The Morgan fingerprint density at radius 3 is 1.18 bits per heavy atom. The van der Waals surface area contributed by atoms with Gasteiger partial charge in [-0.25, -0.2) is 0 Å². The van der Waals surface area contributed by atoms with Gasteiger partial charge in [0, 0.05) is 8.07 Å². The van der Waals surface area contributed by atoms with Gasteiger partial charge in [0.2, 0.25) is 0 Å². The van der Waals surface area contributed by atoms with E-state index in [1.807, 2.05) is 0 Å². The zero-order valence-corrected chi connectivity index (χ0v) is 30.5. The summed E-state index contributed by atoms with van der Waals surface area (Å²) >= 11 is 0. The van der Waals surface area contributed by atoms with Crippen molar-refractivity contribution in [2.24, 2.45) is 0 Å². The average molecular weight is 645 g/mol. The molecular formula is C34H46Cl2SiZr. The second kappa shape index (κ2) is 12.1. The predicted octanol–water partition coefficient (Wildman–Crippen LogP) is 3.10. The van der Waals surface area contributed by atoms with Crippen molar-refractivity contribution in [3.63, 3.8) is 0 Å². The first-order chi connectivity index (χ1) is 16.1. The molecule has 4 aromatic carbocycles. The molecule has 0 amide bonds. The van der Waals surface area contributed by atoms with Gasteiger partial charge in [-0.1, -0.05) is 106 Å². The first-order valence-electron chi connectivity index (χ1n) is 13.5. The smallest absolute Gasteiger partial charge is 1.00 e. The quantitative estimate of drug-likeness (QED) is 0.237. The third-order valence-electron chi connectivity index (χ3n) is 8.00. The Kier molecular flexibility index (Phi) is 11.2. The summed E-state index contributed by atoms with van der Waals surface area (Å²) in [6, 6.07) is 19.0. The summed E-state index contributed by atoms with van der Waals surface area (Å²) in [5.41, 5.74) is 6.32. The van der Waals surface area contributed by atoms with Gasteiger partial charge in [0.05, 0.1) is 0 Å². The van der Waals surface area contributed by atoms with Gasteiger partial charge in [-0.05, 0) is 22.7 Å². The first-order valence-corrected chi connectivity index (χ1v) is 16.5. The second-order valence-corrected chi connectivity index (χ2v) is 18.2. The number of benzene rings is 2. The molecule has 0 spiro atoms. The van der Waals surface area contributed by atoms with Crippen LogP contribution >= 0.6 is 0 Å². The summed E-state index contributed by atoms with van der Waals surface area (Å²) in [6.45, 7) is 29.0. The van der Waals surface area contributed by atoms with E-state index in [-0.39, 0.29) is 61.8 Å². The Morgan fingerprint density at radius 2 is 0.921 bits per heavy atom. The van der Waals surface area contributed by atoms with E-state index in [0.29, 0.717) is 11.8 Å². The maximum atomic E-state index is 2.63. The van der Waals surface area contributed by atoms with Crippen molar-refractivity contribution in [3.8, 4) is 0 Å². The topological polar surface area (TPSA) is 0 Å². The minimum absolute atomic E-state index is 0. The van der Waals surface area contributed by atoms with Crippen molar-refractivity contribution in [1.29, 1.82) is 0 Å². The third-order valence-corrected chi connectivity index (χ3v) is 11.6. The average Bonchev–Trinajstić information content (AvgIpc) is 3.31. The molecule has 38 heavy (non-hydrogen) atoms. The molecule has 0 aliphatic heterocycles. The van der Waals surface area contributed by atoms with E-state index in [1.165, 1.54) is 32.7 Å². The number of hydrogen-bond donors (Lipinski definition) is 0. The van der Waals surface area contributed by atoms with Gasteiger partial charge in [0.25, 0.3) is 0 Å². The van der Waals surface area contributed by atoms with Crippen LogP contribution in [0, 0.1) is 0 Å². The summed E-state index contributed by atoms with van der Waals surface area (Å²) < 4.78 is 0. The zero-order valence-electron chi connectivity index (χ0n) is 25.5. The number of fused-ring (bicyclic) bond motifs is 2. The third kappa shape index (κ3) is 6.00. The first kappa shape index (κ1) is 35.4. The Morgan fingerprint density at radius 1 is 0.605 bits per heavy atom. The molecule has 4 heteroatoms. The molecule has 0 nitrogen and oxygen atoms in total. The monoisotopic (exact) mass is 642 g/mol. The molecule has 4 aromatic rings. The summed E-state index contributed by atoms with van der Waals surface area (Å²) in [5, 5.41) is 9.28. The van der Waals surface area contributed by atoms with Gasteiger partial charge in [-0.15, -0.1) is 69.1 Å². The van der Waals surface area contributed by atoms with Crippen LogP contribution in [-0.2, 0) is 37.0 Å². The molecule has 0 aliphatic rings. The molecule has 0 fully saturated rings. The van der Waals surface area contributed by atoms with Crippen molar-refractivity contribution < 1.29 is 51.0 Å². The maximum absolute atomic E-state index is 2.63. The molecule has 0 unspecified atom stereocenters. The summed E-state index contributed by atoms with van der Waals surface area (Å²) in [7, 11) is -2.12. The largest absolute Gasteiger partial charge is 4.00 e. The second-order valence-electron chi connectivity index (χ2n) is 13.9. The summed E-state index contributed by atoms with van der Waals surface area (Å²) in [5.74, 6) is 1.01. The van der Waals surface area contributed by atoms with E-state index in [9.17, 15) is 0 Å². The number of hydrogen-bond acceptors (Lipinski definition) is 0. The van der Waals surface area contributed by atoms with Crippen LogP contribution in [0.5, 0.6) is 0 Å². The van der Waals surface area contributed by atoms with Crippen LogP contribution in [0.25, 0.3) is 21.5 Å². The normalized spacial score (nSPS) is 12.6.